The van der Waals surface area contributed by atoms with E-state index in [4.69, 9.17) is 4.42 Å². The zero-order chi connectivity index (χ0) is 17.3. The van der Waals surface area contributed by atoms with Crippen LogP contribution in [0.3, 0.4) is 0 Å². The van der Waals surface area contributed by atoms with Crippen molar-refractivity contribution in [1.82, 2.24) is 9.62 Å². The summed E-state index contributed by atoms with van der Waals surface area (Å²) in [5.74, 6) is -0.293. The maximum Gasteiger partial charge on any atom is 0.290 e. The van der Waals surface area contributed by atoms with E-state index in [1.165, 1.54) is 12.1 Å². The number of nitrogens with zero attached hydrogens (tertiary/aromatic N) is 1. The van der Waals surface area contributed by atoms with E-state index in [0.717, 1.165) is 0 Å². The first kappa shape index (κ1) is 18.7. The monoisotopic (exact) mass is 330 g/mol. The second-order valence-electron chi connectivity index (χ2n) is 6.87. The van der Waals surface area contributed by atoms with Crippen molar-refractivity contribution >= 4 is 15.9 Å². The molecule has 1 heterocycles. The molecule has 0 aliphatic heterocycles. The first-order chi connectivity index (χ1) is 9.85. The van der Waals surface area contributed by atoms with Gasteiger partial charge < -0.3 is 9.32 Å². The number of sulfonamides is 1. The summed E-state index contributed by atoms with van der Waals surface area (Å²) in [6.07, 6.45) is 0. The molecule has 126 valence electrons. The predicted octanol–water partition coefficient (Wildman–Crippen LogP) is 2.62. The van der Waals surface area contributed by atoms with E-state index >= 15 is 0 Å². The fourth-order valence-electron chi connectivity index (χ4n) is 2.23. The van der Waals surface area contributed by atoms with Gasteiger partial charge in [0.05, 0.1) is 0 Å². The van der Waals surface area contributed by atoms with Gasteiger partial charge in [0.1, 0.15) is 0 Å². The van der Waals surface area contributed by atoms with Crippen LogP contribution in [0.4, 0.5) is 0 Å². The first-order valence-corrected chi connectivity index (χ1v) is 8.80. The highest BCUT2D eigenvalue weighted by molar-refractivity contribution is 7.89. The zero-order valence-corrected chi connectivity index (χ0v) is 15.1. The smallest absolute Gasteiger partial charge is 0.290 e. The fraction of sp³-hybridized carbons (Fsp3) is 0.667. The van der Waals surface area contributed by atoms with Crippen molar-refractivity contribution in [2.24, 2.45) is 0 Å². The zero-order valence-electron chi connectivity index (χ0n) is 14.3. The normalized spacial score (nSPS) is 13.0. The van der Waals surface area contributed by atoms with E-state index in [1.807, 2.05) is 27.7 Å². The van der Waals surface area contributed by atoms with Gasteiger partial charge in [0.15, 0.2) is 5.76 Å². The van der Waals surface area contributed by atoms with Gasteiger partial charge in [-0.2, -0.15) is 0 Å². The molecule has 0 saturated heterocycles. The Hall–Kier alpha value is -1.34. The third-order valence-corrected chi connectivity index (χ3v) is 4.47. The van der Waals surface area contributed by atoms with E-state index in [2.05, 4.69) is 4.72 Å². The minimum atomic E-state index is -3.78. The minimum Gasteiger partial charge on any atom is -0.438 e. The average Bonchev–Trinajstić information content (AvgIpc) is 2.73. The van der Waals surface area contributed by atoms with Crippen LogP contribution in [-0.2, 0) is 10.0 Å². The molecule has 0 aromatic carbocycles. The lowest BCUT2D eigenvalue weighted by Crippen LogP contribution is -2.42. The Kier molecular flexibility index (Phi) is 5.46. The second kappa shape index (κ2) is 6.42. The maximum atomic E-state index is 12.5. The molecule has 0 aliphatic rings. The lowest BCUT2D eigenvalue weighted by molar-refractivity contribution is 0.0605. The summed E-state index contributed by atoms with van der Waals surface area (Å²) in [6.45, 7) is 12.8. The Balaban J connectivity index is 3.09. The van der Waals surface area contributed by atoms with Crippen molar-refractivity contribution in [3.8, 4) is 0 Å². The number of rotatable bonds is 5. The molecule has 0 spiro atoms. The molecule has 1 rings (SSSR count). The molecule has 0 bridgehead atoms. The van der Waals surface area contributed by atoms with Crippen LogP contribution in [0.2, 0.25) is 0 Å². The summed E-state index contributed by atoms with van der Waals surface area (Å²) < 4.78 is 32.2. The Labute approximate surface area is 132 Å². The van der Waals surface area contributed by atoms with Gasteiger partial charge in [-0.05, 0) is 60.6 Å². The third kappa shape index (κ3) is 4.58. The lowest BCUT2D eigenvalue weighted by Gasteiger charge is -2.29. The number of amides is 1. The first-order valence-electron chi connectivity index (χ1n) is 7.31. The molecule has 0 radical (unpaired) electrons. The van der Waals surface area contributed by atoms with Crippen LogP contribution < -0.4 is 4.72 Å². The minimum absolute atomic E-state index is 0.00893. The van der Waals surface area contributed by atoms with E-state index < -0.39 is 15.6 Å². The van der Waals surface area contributed by atoms with E-state index in [9.17, 15) is 13.2 Å². The molecule has 0 fully saturated rings. The van der Waals surface area contributed by atoms with Crippen LogP contribution in [-0.4, -0.2) is 36.8 Å². The number of hydrogen-bond acceptors (Lipinski definition) is 4. The molecule has 1 aromatic heterocycles. The molecular formula is C15H26N2O4S. The van der Waals surface area contributed by atoms with Crippen molar-refractivity contribution < 1.29 is 17.6 Å². The molecule has 0 unspecified atom stereocenters. The number of carbonyl (C=O) groups excluding carboxylic acids is 1. The Morgan fingerprint density at radius 2 is 1.64 bits per heavy atom. The lowest BCUT2D eigenvalue weighted by atomic mass is 10.1. The van der Waals surface area contributed by atoms with Crippen molar-refractivity contribution in [2.75, 3.05) is 0 Å². The third-order valence-electron chi connectivity index (χ3n) is 2.84. The topological polar surface area (TPSA) is 79.6 Å². The molecule has 1 N–H and O–H groups in total. The number of carbonyl (C=O) groups is 1. The number of furan rings is 1. The number of nitrogens with one attached hydrogen (secondary N) is 1. The molecule has 0 atom stereocenters. The molecule has 1 aromatic rings. The van der Waals surface area contributed by atoms with Gasteiger partial charge in [0.2, 0.25) is 5.09 Å². The van der Waals surface area contributed by atoms with E-state index in [-0.39, 0.29) is 28.8 Å². The van der Waals surface area contributed by atoms with Crippen LogP contribution in [0.1, 0.15) is 59.0 Å². The van der Waals surface area contributed by atoms with Gasteiger partial charge >= 0.3 is 0 Å². The van der Waals surface area contributed by atoms with Crippen LogP contribution in [0.15, 0.2) is 21.6 Å². The van der Waals surface area contributed by atoms with Crippen molar-refractivity contribution in [3.63, 3.8) is 0 Å². The maximum absolute atomic E-state index is 12.5. The van der Waals surface area contributed by atoms with Crippen LogP contribution in [0, 0.1) is 0 Å². The van der Waals surface area contributed by atoms with Crippen LogP contribution in [0.5, 0.6) is 0 Å². The molecule has 1 amide bonds. The molecule has 0 saturated carbocycles. The largest absolute Gasteiger partial charge is 0.438 e. The predicted molar refractivity (Wildman–Crippen MR) is 85.2 cm³/mol. The summed E-state index contributed by atoms with van der Waals surface area (Å²) in [7, 11) is -3.78. The highest BCUT2D eigenvalue weighted by Crippen LogP contribution is 2.19. The van der Waals surface area contributed by atoms with E-state index in [0.29, 0.717) is 0 Å². The van der Waals surface area contributed by atoms with Crippen molar-refractivity contribution in [2.45, 2.75) is 71.2 Å². The van der Waals surface area contributed by atoms with E-state index in [1.54, 1.807) is 25.7 Å². The SMILES string of the molecule is CC(C)N(C(=O)c1ccc(S(=O)(=O)NC(C)(C)C)o1)C(C)C. The summed E-state index contributed by atoms with van der Waals surface area (Å²) in [4.78, 5) is 14.1. The van der Waals surface area contributed by atoms with Gasteiger partial charge in [-0.25, -0.2) is 13.1 Å². The van der Waals surface area contributed by atoms with Crippen LogP contribution >= 0.6 is 0 Å². The van der Waals surface area contributed by atoms with Crippen molar-refractivity contribution in [3.05, 3.63) is 17.9 Å². The Bertz CT molecular complexity index is 616. The highest BCUT2D eigenvalue weighted by Gasteiger charge is 2.29. The van der Waals surface area contributed by atoms with Gasteiger partial charge in [-0.3, -0.25) is 4.79 Å². The number of hydrogen-bond donors (Lipinski definition) is 1. The van der Waals surface area contributed by atoms with Gasteiger partial charge in [-0.1, -0.05) is 0 Å². The molecule has 22 heavy (non-hydrogen) atoms. The molecule has 7 heteroatoms. The van der Waals surface area contributed by atoms with Crippen LogP contribution in [0.25, 0.3) is 0 Å². The molecular weight excluding hydrogens is 304 g/mol. The summed E-state index contributed by atoms with van der Waals surface area (Å²) in [5.41, 5.74) is -0.627. The molecule has 0 aliphatic carbocycles. The summed E-state index contributed by atoms with van der Waals surface area (Å²) in [5, 5.41) is -0.252. The Morgan fingerprint density at radius 1 is 1.14 bits per heavy atom. The molecule has 6 nitrogen and oxygen atoms in total. The quantitative estimate of drug-likeness (QED) is 0.900. The fourth-order valence-corrected chi connectivity index (χ4v) is 3.58. The Morgan fingerprint density at radius 3 is 2.05 bits per heavy atom. The van der Waals surface area contributed by atoms with Crippen molar-refractivity contribution in [1.29, 1.82) is 0 Å². The average molecular weight is 330 g/mol. The second-order valence-corrected chi connectivity index (χ2v) is 8.49. The van der Waals surface area contributed by atoms with Gasteiger partial charge in [-0.15, -0.1) is 0 Å². The highest BCUT2D eigenvalue weighted by atomic mass is 32.2. The standard InChI is InChI=1S/C15H26N2O4S/c1-10(2)17(11(3)4)14(18)12-8-9-13(21-12)22(19,20)16-15(5,6)7/h8-11,16H,1-7H3. The van der Waals surface area contributed by atoms with Gasteiger partial charge in [0, 0.05) is 17.6 Å². The summed E-state index contributed by atoms with van der Waals surface area (Å²) >= 11 is 0. The summed E-state index contributed by atoms with van der Waals surface area (Å²) in [6, 6.07) is 2.69. The van der Waals surface area contributed by atoms with Gasteiger partial charge in [0.25, 0.3) is 15.9 Å².